The molecule has 10 nitrogen and oxygen atoms in total. The number of carbonyl (C=O) groups excluding carboxylic acids is 1. The fraction of sp³-hybridized carbons (Fsp3) is 0.360. The number of hydrogen-bond acceptors (Lipinski definition) is 9. The number of methoxy groups -OCH3 is 1. The van der Waals surface area contributed by atoms with Gasteiger partial charge in [-0.25, -0.2) is 19.3 Å². The number of halogens is 2. The van der Waals surface area contributed by atoms with Crippen molar-refractivity contribution in [2.24, 2.45) is 0 Å². The van der Waals surface area contributed by atoms with E-state index in [1.165, 1.54) is 32.6 Å². The Bertz CT molecular complexity index is 1230. The molecule has 0 aliphatic carbocycles. The molecule has 3 aromatic rings. The van der Waals surface area contributed by atoms with Gasteiger partial charge in [0.15, 0.2) is 5.75 Å². The summed E-state index contributed by atoms with van der Waals surface area (Å²) < 4.78 is 25.8. The maximum absolute atomic E-state index is 14.9. The number of nitrogens with one attached hydrogen (secondary N) is 3. The first kappa shape index (κ1) is 26.4. The van der Waals surface area contributed by atoms with Crippen molar-refractivity contribution >= 4 is 35.0 Å². The first-order chi connectivity index (χ1) is 17.8. The molecule has 0 radical (unpaired) electrons. The highest BCUT2D eigenvalue weighted by atomic mass is 35.5. The number of piperazine rings is 1. The number of aromatic nitrogens is 3. The lowest BCUT2D eigenvalue weighted by atomic mass is 10.1. The standard InChI is InChI=1S/C25H29ClFN7O3/c1-14-11-34(12-15(2)32-14)21-6-5-16(8-29-21)33-25-30-9-17(10-31-25)37-13-19-22(26)20(36-4)7-18(23(19)27)24(35)28-3/h5-10,14-15,32H,11-13H2,1-4H3,(H,28,35)(H,30,31,33)/t14-,15+. The van der Waals surface area contributed by atoms with Crippen LogP contribution in [0.1, 0.15) is 29.8 Å². The van der Waals surface area contributed by atoms with Gasteiger partial charge in [0.1, 0.15) is 24.0 Å². The van der Waals surface area contributed by atoms with Gasteiger partial charge >= 0.3 is 0 Å². The third kappa shape index (κ3) is 6.17. The molecular weight excluding hydrogens is 501 g/mol. The van der Waals surface area contributed by atoms with Gasteiger partial charge in [-0.15, -0.1) is 0 Å². The minimum Gasteiger partial charge on any atom is -0.495 e. The predicted octanol–water partition coefficient (Wildman–Crippen LogP) is 3.54. The Hall–Kier alpha value is -3.70. The average Bonchev–Trinajstić information content (AvgIpc) is 2.89. The number of anilines is 3. The van der Waals surface area contributed by atoms with Crippen LogP contribution < -0.4 is 30.3 Å². The summed E-state index contributed by atoms with van der Waals surface area (Å²) in [6, 6.07) is 5.92. The fourth-order valence-electron chi connectivity index (χ4n) is 4.14. The number of nitrogens with zero attached hydrogens (tertiary/aromatic N) is 4. The van der Waals surface area contributed by atoms with E-state index in [0.29, 0.717) is 23.8 Å². The van der Waals surface area contributed by atoms with Crippen LogP contribution in [0, 0.1) is 5.82 Å². The van der Waals surface area contributed by atoms with Gasteiger partial charge in [-0.1, -0.05) is 11.6 Å². The van der Waals surface area contributed by atoms with E-state index in [1.54, 1.807) is 6.20 Å². The average molecular weight is 530 g/mol. The summed E-state index contributed by atoms with van der Waals surface area (Å²) in [7, 11) is 2.79. The third-order valence-corrected chi connectivity index (χ3v) is 6.26. The van der Waals surface area contributed by atoms with Crippen LogP contribution in [-0.4, -0.2) is 60.2 Å². The second-order valence-electron chi connectivity index (χ2n) is 8.75. The Morgan fingerprint density at radius 3 is 2.49 bits per heavy atom. The Morgan fingerprint density at radius 2 is 1.89 bits per heavy atom. The van der Waals surface area contributed by atoms with Gasteiger partial charge in [0.05, 0.1) is 42.0 Å². The number of carbonyl (C=O) groups is 1. The number of rotatable bonds is 8. The van der Waals surface area contributed by atoms with E-state index in [2.05, 4.69) is 49.6 Å². The molecular formula is C25H29ClFN7O3. The van der Waals surface area contributed by atoms with Gasteiger partial charge in [-0.3, -0.25) is 4.79 Å². The van der Waals surface area contributed by atoms with Crippen LogP contribution in [0.25, 0.3) is 0 Å². The molecule has 2 atom stereocenters. The highest BCUT2D eigenvalue weighted by Gasteiger charge is 2.23. The molecule has 1 aromatic carbocycles. The van der Waals surface area contributed by atoms with Crippen LogP contribution in [0.4, 0.5) is 21.8 Å². The molecule has 37 heavy (non-hydrogen) atoms. The SMILES string of the molecule is CNC(=O)c1cc(OC)c(Cl)c(COc2cnc(Nc3ccc(N4C[C@@H](C)N[C@@H](C)C4)nc3)nc2)c1F. The third-order valence-electron chi connectivity index (χ3n) is 5.85. The highest BCUT2D eigenvalue weighted by molar-refractivity contribution is 6.33. The Labute approximate surface area is 219 Å². The van der Waals surface area contributed by atoms with Crippen molar-refractivity contribution in [3.05, 3.63) is 58.8 Å². The van der Waals surface area contributed by atoms with Crippen molar-refractivity contribution in [1.82, 2.24) is 25.6 Å². The lowest BCUT2D eigenvalue weighted by molar-refractivity contribution is 0.0958. The van der Waals surface area contributed by atoms with E-state index in [-0.39, 0.29) is 28.5 Å². The summed E-state index contributed by atoms with van der Waals surface area (Å²) in [4.78, 5) is 27.3. The molecule has 12 heteroatoms. The van der Waals surface area contributed by atoms with Crippen molar-refractivity contribution in [2.75, 3.05) is 37.5 Å². The van der Waals surface area contributed by atoms with Gasteiger partial charge in [-0.05, 0) is 32.0 Å². The first-order valence-corrected chi connectivity index (χ1v) is 12.1. The molecule has 0 unspecified atom stereocenters. The zero-order valence-electron chi connectivity index (χ0n) is 21.0. The molecule has 1 saturated heterocycles. The summed E-state index contributed by atoms with van der Waals surface area (Å²) >= 11 is 6.26. The van der Waals surface area contributed by atoms with Crippen molar-refractivity contribution in [3.8, 4) is 11.5 Å². The van der Waals surface area contributed by atoms with Crippen LogP contribution in [0.15, 0.2) is 36.8 Å². The maximum Gasteiger partial charge on any atom is 0.254 e. The second kappa shape index (κ2) is 11.6. The summed E-state index contributed by atoms with van der Waals surface area (Å²) in [5, 5.41) is 9.02. The Kier molecular flexibility index (Phi) is 8.24. The summed E-state index contributed by atoms with van der Waals surface area (Å²) in [5.74, 6) is 0.326. The summed E-state index contributed by atoms with van der Waals surface area (Å²) in [6.07, 6.45) is 4.64. The Balaban J connectivity index is 1.40. The molecule has 1 aliphatic rings. The molecule has 4 rings (SSSR count). The second-order valence-corrected chi connectivity index (χ2v) is 9.12. The van der Waals surface area contributed by atoms with Crippen LogP contribution in [0.5, 0.6) is 11.5 Å². The minimum absolute atomic E-state index is 0.0127. The molecule has 1 amide bonds. The quantitative estimate of drug-likeness (QED) is 0.403. The Morgan fingerprint density at radius 1 is 1.19 bits per heavy atom. The van der Waals surface area contributed by atoms with E-state index < -0.39 is 11.7 Å². The molecule has 1 aliphatic heterocycles. The van der Waals surface area contributed by atoms with Crippen LogP contribution in [-0.2, 0) is 6.61 Å². The van der Waals surface area contributed by atoms with E-state index >= 15 is 0 Å². The number of ether oxygens (including phenoxy) is 2. The van der Waals surface area contributed by atoms with Crippen LogP contribution in [0.3, 0.4) is 0 Å². The number of benzene rings is 1. The maximum atomic E-state index is 14.9. The normalized spacial score (nSPS) is 17.3. The zero-order chi connectivity index (χ0) is 26.5. The topological polar surface area (TPSA) is 114 Å². The number of amides is 1. The van der Waals surface area contributed by atoms with Crippen LogP contribution in [0.2, 0.25) is 5.02 Å². The minimum atomic E-state index is -0.787. The summed E-state index contributed by atoms with van der Waals surface area (Å²) in [5.41, 5.74) is 0.528. The smallest absolute Gasteiger partial charge is 0.254 e. The molecule has 1 fully saturated rings. The van der Waals surface area contributed by atoms with Crippen molar-refractivity contribution in [1.29, 1.82) is 0 Å². The van der Waals surface area contributed by atoms with Crippen molar-refractivity contribution in [3.63, 3.8) is 0 Å². The molecule has 0 spiro atoms. The molecule has 0 bridgehead atoms. The van der Waals surface area contributed by atoms with E-state index in [0.717, 1.165) is 24.6 Å². The molecule has 0 saturated carbocycles. The predicted molar refractivity (Wildman–Crippen MR) is 140 cm³/mol. The number of hydrogen-bond donors (Lipinski definition) is 3. The van der Waals surface area contributed by atoms with Gasteiger partial charge in [-0.2, -0.15) is 0 Å². The van der Waals surface area contributed by atoms with Gasteiger partial charge in [0.25, 0.3) is 5.91 Å². The molecule has 196 valence electrons. The van der Waals surface area contributed by atoms with Gasteiger partial charge in [0, 0.05) is 37.8 Å². The lowest BCUT2D eigenvalue weighted by Gasteiger charge is -2.36. The molecule has 3 N–H and O–H groups in total. The zero-order valence-corrected chi connectivity index (χ0v) is 21.8. The van der Waals surface area contributed by atoms with Gasteiger partial charge in [0.2, 0.25) is 5.95 Å². The van der Waals surface area contributed by atoms with E-state index in [4.69, 9.17) is 21.1 Å². The first-order valence-electron chi connectivity index (χ1n) is 11.7. The largest absolute Gasteiger partial charge is 0.495 e. The molecule has 3 heterocycles. The van der Waals surface area contributed by atoms with E-state index in [9.17, 15) is 9.18 Å². The van der Waals surface area contributed by atoms with Gasteiger partial charge < -0.3 is 30.3 Å². The molecule has 2 aromatic heterocycles. The monoisotopic (exact) mass is 529 g/mol. The van der Waals surface area contributed by atoms with Crippen LogP contribution >= 0.6 is 11.6 Å². The highest BCUT2D eigenvalue weighted by Crippen LogP contribution is 2.33. The fourth-order valence-corrected chi connectivity index (χ4v) is 4.41. The van der Waals surface area contributed by atoms with Crippen molar-refractivity contribution in [2.45, 2.75) is 32.5 Å². The number of pyridine rings is 1. The summed E-state index contributed by atoms with van der Waals surface area (Å²) in [6.45, 7) is 5.86. The van der Waals surface area contributed by atoms with Crippen molar-refractivity contribution < 1.29 is 18.7 Å². The lowest BCUT2D eigenvalue weighted by Crippen LogP contribution is -2.54. The van der Waals surface area contributed by atoms with E-state index in [1.807, 2.05) is 12.1 Å².